The third kappa shape index (κ3) is 4.42. The molecular formula is C20H21N3O3. The molecule has 1 aromatic carbocycles. The molecule has 26 heavy (non-hydrogen) atoms. The number of allylic oxidation sites excluding steroid dienone is 1. The van der Waals surface area contributed by atoms with Crippen molar-refractivity contribution in [1.82, 2.24) is 15.1 Å². The molecule has 0 aliphatic heterocycles. The van der Waals surface area contributed by atoms with Gasteiger partial charge in [-0.25, -0.2) is 0 Å². The van der Waals surface area contributed by atoms with E-state index in [0.717, 1.165) is 23.4 Å². The zero-order chi connectivity index (χ0) is 18.4. The molecule has 0 aliphatic carbocycles. The Labute approximate surface area is 152 Å². The number of nitrogens with one attached hydrogen (secondary N) is 1. The lowest BCUT2D eigenvalue weighted by Crippen LogP contribution is -2.22. The number of hydrogen-bond donors (Lipinski definition) is 1. The third-order valence-corrected chi connectivity index (χ3v) is 3.79. The molecule has 0 atom stereocenters. The minimum absolute atomic E-state index is 0.249. The number of amides is 1. The molecule has 2 heterocycles. The minimum atomic E-state index is -0.283. The number of hydrogen-bond acceptors (Lipinski definition) is 4. The fourth-order valence-electron chi connectivity index (χ4n) is 2.51. The second-order valence-electron chi connectivity index (χ2n) is 5.82. The van der Waals surface area contributed by atoms with E-state index in [4.69, 9.17) is 9.15 Å². The van der Waals surface area contributed by atoms with Crippen molar-refractivity contribution >= 4 is 5.91 Å². The van der Waals surface area contributed by atoms with Gasteiger partial charge in [0.25, 0.3) is 5.91 Å². The van der Waals surface area contributed by atoms with E-state index in [1.165, 1.54) is 0 Å². The number of benzene rings is 1. The number of carbonyl (C=O) groups excluding carboxylic acids is 1. The molecule has 3 aromatic rings. The molecule has 6 heteroatoms. The Morgan fingerprint density at radius 1 is 1.31 bits per heavy atom. The van der Waals surface area contributed by atoms with Gasteiger partial charge in [0.1, 0.15) is 18.1 Å². The van der Waals surface area contributed by atoms with Crippen LogP contribution in [0.25, 0.3) is 0 Å². The summed E-state index contributed by atoms with van der Waals surface area (Å²) in [6, 6.07) is 13.0. The van der Waals surface area contributed by atoms with E-state index in [1.807, 2.05) is 49.7 Å². The summed E-state index contributed by atoms with van der Waals surface area (Å²) < 4.78 is 13.1. The van der Waals surface area contributed by atoms with Crippen molar-refractivity contribution in [3.05, 3.63) is 84.1 Å². The van der Waals surface area contributed by atoms with Crippen LogP contribution >= 0.6 is 0 Å². The van der Waals surface area contributed by atoms with E-state index in [-0.39, 0.29) is 18.3 Å². The van der Waals surface area contributed by atoms with Gasteiger partial charge in [-0.05, 0) is 36.2 Å². The molecule has 0 bridgehead atoms. The van der Waals surface area contributed by atoms with Crippen LogP contribution in [0.2, 0.25) is 0 Å². The van der Waals surface area contributed by atoms with Gasteiger partial charge in [-0.1, -0.05) is 24.3 Å². The molecule has 3 rings (SSSR count). The van der Waals surface area contributed by atoms with Gasteiger partial charge in [0, 0.05) is 13.2 Å². The standard InChI is InChI=1S/C20H21N3O3/c1-3-6-15-7-4-5-8-18(15)25-14-17-9-10-19(26-17)20(24)21-13-16-11-12-23(2)22-16/h3-5,7-12H,1,6,13-14H2,2H3,(H,21,24). The molecule has 0 spiro atoms. The average Bonchev–Trinajstić information content (AvgIpc) is 3.28. The largest absolute Gasteiger partial charge is 0.485 e. The van der Waals surface area contributed by atoms with Gasteiger partial charge < -0.3 is 14.5 Å². The quantitative estimate of drug-likeness (QED) is 0.633. The summed E-state index contributed by atoms with van der Waals surface area (Å²) in [5.41, 5.74) is 1.84. The molecule has 0 saturated carbocycles. The van der Waals surface area contributed by atoms with Gasteiger partial charge in [-0.2, -0.15) is 5.10 Å². The summed E-state index contributed by atoms with van der Waals surface area (Å²) in [4.78, 5) is 12.2. The van der Waals surface area contributed by atoms with Crippen LogP contribution in [-0.2, 0) is 26.6 Å². The molecule has 0 radical (unpaired) electrons. The fourth-order valence-corrected chi connectivity index (χ4v) is 2.51. The lowest BCUT2D eigenvalue weighted by Gasteiger charge is -2.08. The maximum Gasteiger partial charge on any atom is 0.287 e. The highest BCUT2D eigenvalue weighted by atomic mass is 16.5. The number of aryl methyl sites for hydroxylation is 1. The first-order valence-corrected chi connectivity index (χ1v) is 8.32. The van der Waals surface area contributed by atoms with Crippen LogP contribution in [0, 0.1) is 0 Å². The summed E-state index contributed by atoms with van der Waals surface area (Å²) in [7, 11) is 1.83. The van der Waals surface area contributed by atoms with Crippen molar-refractivity contribution in [2.24, 2.45) is 7.05 Å². The second-order valence-corrected chi connectivity index (χ2v) is 5.82. The monoisotopic (exact) mass is 351 g/mol. The van der Waals surface area contributed by atoms with Crippen molar-refractivity contribution in [2.45, 2.75) is 19.6 Å². The molecule has 1 N–H and O–H groups in total. The fraction of sp³-hybridized carbons (Fsp3) is 0.200. The van der Waals surface area contributed by atoms with Crippen LogP contribution in [-0.4, -0.2) is 15.7 Å². The van der Waals surface area contributed by atoms with E-state index in [2.05, 4.69) is 17.0 Å². The number of rotatable bonds is 8. The molecule has 2 aromatic heterocycles. The highest BCUT2D eigenvalue weighted by Crippen LogP contribution is 2.20. The highest BCUT2D eigenvalue weighted by molar-refractivity contribution is 5.91. The molecule has 0 fully saturated rings. The van der Waals surface area contributed by atoms with Crippen molar-refractivity contribution in [3.8, 4) is 5.75 Å². The summed E-state index contributed by atoms with van der Waals surface area (Å²) in [5.74, 6) is 1.33. The molecule has 1 amide bonds. The SMILES string of the molecule is C=CCc1ccccc1OCc1ccc(C(=O)NCc2ccn(C)n2)o1. The minimum Gasteiger partial charge on any atom is -0.485 e. The first kappa shape index (κ1) is 17.5. The van der Waals surface area contributed by atoms with Gasteiger partial charge in [-0.3, -0.25) is 9.48 Å². The zero-order valence-electron chi connectivity index (χ0n) is 14.6. The maximum atomic E-state index is 12.2. The Kier molecular flexibility index (Phi) is 5.53. The van der Waals surface area contributed by atoms with Gasteiger partial charge in [-0.15, -0.1) is 6.58 Å². The average molecular weight is 351 g/mol. The summed E-state index contributed by atoms with van der Waals surface area (Å²) >= 11 is 0. The normalized spacial score (nSPS) is 10.5. The van der Waals surface area contributed by atoms with E-state index < -0.39 is 0 Å². The lowest BCUT2D eigenvalue weighted by atomic mass is 10.1. The number of ether oxygens (including phenoxy) is 1. The molecule has 134 valence electrons. The molecule has 0 saturated heterocycles. The van der Waals surface area contributed by atoms with Crippen LogP contribution in [0.4, 0.5) is 0 Å². The first-order chi connectivity index (χ1) is 12.7. The Bertz CT molecular complexity index is 895. The first-order valence-electron chi connectivity index (χ1n) is 8.32. The van der Waals surface area contributed by atoms with Crippen molar-refractivity contribution < 1.29 is 13.9 Å². The topological polar surface area (TPSA) is 69.3 Å². The maximum absolute atomic E-state index is 12.2. The number of furan rings is 1. The Balaban J connectivity index is 1.56. The van der Waals surface area contributed by atoms with E-state index in [0.29, 0.717) is 12.3 Å². The Morgan fingerprint density at radius 3 is 2.92 bits per heavy atom. The Hall–Kier alpha value is -3.28. The predicted octanol–water partition coefficient (Wildman–Crippen LogP) is 3.25. The Morgan fingerprint density at radius 2 is 2.15 bits per heavy atom. The number of nitrogens with zero attached hydrogens (tertiary/aromatic N) is 2. The number of para-hydroxylation sites is 1. The van der Waals surface area contributed by atoms with Crippen LogP contribution in [0.15, 0.2) is 65.7 Å². The van der Waals surface area contributed by atoms with Crippen molar-refractivity contribution in [3.63, 3.8) is 0 Å². The van der Waals surface area contributed by atoms with Crippen LogP contribution in [0.5, 0.6) is 5.75 Å². The smallest absolute Gasteiger partial charge is 0.287 e. The zero-order valence-corrected chi connectivity index (χ0v) is 14.6. The predicted molar refractivity (Wildman–Crippen MR) is 97.8 cm³/mol. The van der Waals surface area contributed by atoms with Crippen molar-refractivity contribution in [1.29, 1.82) is 0 Å². The van der Waals surface area contributed by atoms with Crippen LogP contribution in [0.1, 0.15) is 27.6 Å². The molecule has 0 unspecified atom stereocenters. The second kappa shape index (κ2) is 8.20. The third-order valence-electron chi connectivity index (χ3n) is 3.79. The molecule has 6 nitrogen and oxygen atoms in total. The molecular weight excluding hydrogens is 330 g/mol. The van der Waals surface area contributed by atoms with E-state index in [1.54, 1.807) is 16.8 Å². The van der Waals surface area contributed by atoms with Gasteiger partial charge >= 0.3 is 0 Å². The van der Waals surface area contributed by atoms with Gasteiger partial charge in [0.05, 0.1) is 12.2 Å². The summed E-state index contributed by atoms with van der Waals surface area (Å²) in [6.45, 7) is 4.35. The van der Waals surface area contributed by atoms with Crippen molar-refractivity contribution in [2.75, 3.05) is 0 Å². The van der Waals surface area contributed by atoms with E-state index in [9.17, 15) is 4.79 Å². The molecule has 0 aliphatic rings. The van der Waals surface area contributed by atoms with Gasteiger partial charge in [0.2, 0.25) is 0 Å². The summed E-state index contributed by atoms with van der Waals surface area (Å²) in [6.07, 6.45) is 4.39. The number of carbonyl (C=O) groups is 1. The van der Waals surface area contributed by atoms with E-state index >= 15 is 0 Å². The lowest BCUT2D eigenvalue weighted by molar-refractivity contribution is 0.0918. The number of aromatic nitrogens is 2. The highest BCUT2D eigenvalue weighted by Gasteiger charge is 2.12. The summed E-state index contributed by atoms with van der Waals surface area (Å²) in [5, 5.41) is 6.99. The van der Waals surface area contributed by atoms with Crippen LogP contribution in [0.3, 0.4) is 0 Å². The van der Waals surface area contributed by atoms with Gasteiger partial charge in [0.15, 0.2) is 5.76 Å². The van der Waals surface area contributed by atoms with Crippen LogP contribution < -0.4 is 10.1 Å².